The molecule has 0 saturated heterocycles. The van der Waals surface area contributed by atoms with Crippen molar-refractivity contribution in [3.05, 3.63) is 23.5 Å². The number of nitrogens with two attached hydrogens (primary N) is 1. The summed E-state index contributed by atoms with van der Waals surface area (Å²) in [6.45, 7) is 0. The topological polar surface area (TPSA) is 55.6 Å². The minimum absolute atomic E-state index is 0.00449. The Balaban J connectivity index is 3.03. The van der Waals surface area contributed by atoms with E-state index in [1.165, 1.54) is 24.1 Å². The van der Waals surface area contributed by atoms with Crippen LogP contribution in [0, 0.1) is 5.82 Å². The van der Waals surface area contributed by atoms with Crippen LogP contribution in [0.25, 0.3) is 0 Å². The molecule has 1 aromatic carbocycles. The Kier molecular flexibility index (Phi) is 3.71. The number of rotatable bonds is 3. The Morgan fingerprint density at radius 1 is 1.50 bits per heavy atom. The molecule has 0 aliphatic carbocycles. The Hall–Kier alpha value is -1.78. The number of anilines is 1. The molecule has 5 heteroatoms. The summed E-state index contributed by atoms with van der Waals surface area (Å²) in [4.78, 5) is 12.8. The summed E-state index contributed by atoms with van der Waals surface area (Å²) in [7, 11) is 4.58. The van der Waals surface area contributed by atoms with Crippen molar-refractivity contribution in [2.45, 2.75) is 6.42 Å². The highest BCUT2D eigenvalue weighted by Crippen LogP contribution is 2.27. The van der Waals surface area contributed by atoms with Crippen LogP contribution in [0.15, 0.2) is 12.1 Å². The van der Waals surface area contributed by atoms with Gasteiger partial charge in [-0.3, -0.25) is 4.79 Å². The van der Waals surface area contributed by atoms with Gasteiger partial charge in [0.1, 0.15) is 0 Å². The zero-order valence-corrected chi connectivity index (χ0v) is 9.58. The molecule has 2 N–H and O–H groups in total. The van der Waals surface area contributed by atoms with Gasteiger partial charge in [0, 0.05) is 19.7 Å². The number of nitrogen functional groups attached to an aromatic ring is 1. The molecule has 0 aliphatic rings. The fourth-order valence-electron chi connectivity index (χ4n) is 1.28. The van der Waals surface area contributed by atoms with Crippen molar-refractivity contribution in [1.82, 2.24) is 4.90 Å². The Labute approximate surface area is 93.8 Å². The average Bonchev–Trinajstić information content (AvgIpc) is 2.22. The molecule has 1 aromatic rings. The number of ether oxygens (including phenoxy) is 1. The first-order chi connectivity index (χ1) is 7.47. The fraction of sp³-hybridized carbons (Fsp3) is 0.364. The van der Waals surface area contributed by atoms with Gasteiger partial charge in [0.25, 0.3) is 0 Å². The van der Waals surface area contributed by atoms with Crippen LogP contribution in [0.5, 0.6) is 5.75 Å². The van der Waals surface area contributed by atoms with E-state index in [2.05, 4.69) is 0 Å². The van der Waals surface area contributed by atoms with Crippen LogP contribution in [-0.4, -0.2) is 32.0 Å². The number of carbonyl (C=O) groups excluding carboxylic acids is 1. The molecule has 0 atom stereocenters. The number of nitrogens with zero attached hydrogens (tertiary/aromatic N) is 1. The van der Waals surface area contributed by atoms with E-state index < -0.39 is 5.82 Å². The monoisotopic (exact) mass is 226 g/mol. The molecular formula is C11H15FN2O2. The first-order valence-corrected chi connectivity index (χ1v) is 4.78. The molecule has 0 bridgehead atoms. The lowest BCUT2D eigenvalue weighted by Gasteiger charge is -2.12. The number of carbonyl (C=O) groups is 1. The second-order valence-electron chi connectivity index (χ2n) is 3.63. The van der Waals surface area contributed by atoms with Crippen LogP contribution in [0.4, 0.5) is 10.1 Å². The highest BCUT2D eigenvalue weighted by molar-refractivity contribution is 5.78. The van der Waals surface area contributed by atoms with Gasteiger partial charge in [-0.2, -0.15) is 0 Å². The van der Waals surface area contributed by atoms with Crippen LogP contribution >= 0.6 is 0 Å². The molecular weight excluding hydrogens is 211 g/mol. The number of methoxy groups -OCH3 is 1. The molecule has 0 aliphatic heterocycles. The van der Waals surface area contributed by atoms with E-state index in [1.807, 2.05) is 0 Å². The number of halogens is 1. The lowest BCUT2D eigenvalue weighted by Crippen LogP contribution is -2.24. The lowest BCUT2D eigenvalue weighted by molar-refractivity contribution is -0.128. The lowest BCUT2D eigenvalue weighted by atomic mass is 10.1. The molecule has 1 amide bonds. The average molecular weight is 226 g/mol. The molecule has 0 fully saturated rings. The van der Waals surface area contributed by atoms with Gasteiger partial charge in [-0.05, 0) is 6.07 Å². The predicted molar refractivity (Wildman–Crippen MR) is 59.8 cm³/mol. The van der Waals surface area contributed by atoms with E-state index in [4.69, 9.17) is 10.5 Å². The van der Waals surface area contributed by atoms with Crippen molar-refractivity contribution >= 4 is 11.6 Å². The van der Waals surface area contributed by atoms with Crippen molar-refractivity contribution in [2.24, 2.45) is 0 Å². The van der Waals surface area contributed by atoms with E-state index in [1.54, 1.807) is 14.1 Å². The predicted octanol–water partition coefficient (Wildman–Crippen LogP) is 1.05. The largest absolute Gasteiger partial charge is 0.492 e. The molecule has 88 valence electrons. The van der Waals surface area contributed by atoms with Gasteiger partial charge < -0.3 is 15.4 Å². The van der Waals surface area contributed by atoms with Crippen LogP contribution < -0.4 is 10.5 Å². The molecule has 4 nitrogen and oxygen atoms in total. The van der Waals surface area contributed by atoms with Gasteiger partial charge in [0.15, 0.2) is 11.6 Å². The molecule has 0 unspecified atom stereocenters. The minimum atomic E-state index is -0.572. The smallest absolute Gasteiger partial charge is 0.226 e. The van der Waals surface area contributed by atoms with Crippen molar-refractivity contribution in [3.63, 3.8) is 0 Å². The van der Waals surface area contributed by atoms with E-state index >= 15 is 0 Å². The third-order valence-corrected chi connectivity index (χ3v) is 2.25. The first kappa shape index (κ1) is 12.3. The molecule has 0 aromatic heterocycles. The van der Waals surface area contributed by atoms with Crippen molar-refractivity contribution in [2.75, 3.05) is 26.9 Å². The Bertz CT molecular complexity index is 405. The molecule has 0 spiro atoms. The van der Waals surface area contributed by atoms with Crippen LogP contribution in [0.2, 0.25) is 0 Å². The number of likely N-dealkylation sites (N-methyl/N-ethyl adjacent to an activating group) is 1. The number of hydrogen-bond donors (Lipinski definition) is 1. The summed E-state index contributed by atoms with van der Waals surface area (Å²) in [5, 5.41) is 0. The zero-order chi connectivity index (χ0) is 12.3. The maximum absolute atomic E-state index is 13.8. The third kappa shape index (κ3) is 2.42. The van der Waals surface area contributed by atoms with Crippen LogP contribution in [0.1, 0.15) is 5.56 Å². The van der Waals surface area contributed by atoms with Crippen molar-refractivity contribution in [1.29, 1.82) is 0 Å². The van der Waals surface area contributed by atoms with Gasteiger partial charge >= 0.3 is 0 Å². The quantitative estimate of drug-likeness (QED) is 0.784. The minimum Gasteiger partial charge on any atom is -0.492 e. The summed E-state index contributed by atoms with van der Waals surface area (Å²) in [5.41, 5.74) is 6.04. The number of hydrogen-bond acceptors (Lipinski definition) is 3. The summed E-state index contributed by atoms with van der Waals surface area (Å²) in [5.74, 6) is -0.757. The van der Waals surface area contributed by atoms with E-state index in [0.29, 0.717) is 0 Å². The summed E-state index contributed by atoms with van der Waals surface area (Å²) in [6, 6.07) is 3.02. The van der Waals surface area contributed by atoms with Crippen molar-refractivity contribution < 1.29 is 13.9 Å². The molecule has 0 saturated carbocycles. The van der Waals surface area contributed by atoms with Gasteiger partial charge in [-0.1, -0.05) is 6.07 Å². The van der Waals surface area contributed by atoms with E-state index in [-0.39, 0.29) is 29.3 Å². The van der Waals surface area contributed by atoms with Gasteiger partial charge in [-0.25, -0.2) is 4.39 Å². The maximum Gasteiger partial charge on any atom is 0.226 e. The van der Waals surface area contributed by atoms with E-state index in [0.717, 1.165) is 0 Å². The number of benzene rings is 1. The molecule has 0 heterocycles. The highest BCUT2D eigenvalue weighted by atomic mass is 19.1. The summed E-state index contributed by atoms with van der Waals surface area (Å²) < 4.78 is 18.6. The first-order valence-electron chi connectivity index (χ1n) is 4.78. The summed E-state index contributed by atoms with van der Waals surface area (Å²) in [6.07, 6.45) is -0.00449. The van der Waals surface area contributed by atoms with Gasteiger partial charge in [0.2, 0.25) is 5.91 Å². The standard InChI is InChI=1S/C11H15FN2O2/c1-14(2)9(15)6-7-4-5-8(13)11(16-3)10(7)12/h4-5H,6,13H2,1-3H3. The summed E-state index contributed by atoms with van der Waals surface area (Å²) >= 11 is 0. The molecule has 1 rings (SSSR count). The highest BCUT2D eigenvalue weighted by Gasteiger charge is 2.15. The molecule has 0 radical (unpaired) electrons. The van der Waals surface area contributed by atoms with Crippen LogP contribution in [-0.2, 0) is 11.2 Å². The second-order valence-corrected chi connectivity index (χ2v) is 3.63. The fourth-order valence-corrected chi connectivity index (χ4v) is 1.28. The maximum atomic E-state index is 13.8. The Morgan fingerprint density at radius 3 is 2.62 bits per heavy atom. The second kappa shape index (κ2) is 4.83. The van der Waals surface area contributed by atoms with Gasteiger partial charge in [0.05, 0.1) is 19.2 Å². The zero-order valence-electron chi connectivity index (χ0n) is 9.58. The van der Waals surface area contributed by atoms with Crippen LogP contribution in [0.3, 0.4) is 0 Å². The third-order valence-electron chi connectivity index (χ3n) is 2.25. The normalized spacial score (nSPS) is 10.0. The Morgan fingerprint density at radius 2 is 2.12 bits per heavy atom. The number of amides is 1. The van der Waals surface area contributed by atoms with E-state index in [9.17, 15) is 9.18 Å². The van der Waals surface area contributed by atoms with Crippen molar-refractivity contribution in [3.8, 4) is 5.75 Å². The molecule has 16 heavy (non-hydrogen) atoms. The SMILES string of the molecule is COc1c(N)ccc(CC(=O)N(C)C)c1F. The van der Waals surface area contributed by atoms with Gasteiger partial charge in [-0.15, -0.1) is 0 Å².